The second-order valence-electron chi connectivity index (χ2n) is 4.27. The number of halogens is 5. The number of carbonyl (C=O) groups is 1. The Labute approximate surface area is 95.8 Å². The van der Waals surface area contributed by atoms with Gasteiger partial charge in [-0.2, -0.15) is 22.0 Å². The lowest BCUT2D eigenvalue weighted by Crippen LogP contribution is -2.55. The standard InChI is InChI=1S/C10H14F5NO/c1-3-7-5-4-6(2)16(7)8(17)9(11,12)10(13,14)15/h6-7H,3-5H2,1-2H3. The van der Waals surface area contributed by atoms with E-state index in [-0.39, 0.29) is 0 Å². The van der Waals surface area contributed by atoms with E-state index in [9.17, 15) is 26.7 Å². The van der Waals surface area contributed by atoms with Crippen LogP contribution in [0.15, 0.2) is 0 Å². The van der Waals surface area contributed by atoms with E-state index in [2.05, 4.69) is 0 Å². The molecule has 0 radical (unpaired) electrons. The molecule has 0 aromatic carbocycles. The summed E-state index contributed by atoms with van der Waals surface area (Å²) in [5.41, 5.74) is 0. The maximum absolute atomic E-state index is 12.9. The number of nitrogens with zero attached hydrogens (tertiary/aromatic N) is 1. The predicted molar refractivity (Wildman–Crippen MR) is 50.6 cm³/mol. The molecule has 1 fully saturated rings. The maximum atomic E-state index is 12.9. The summed E-state index contributed by atoms with van der Waals surface area (Å²) in [6.07, 6.45) is -4.52. The van der Waals surface area contributed by atoms with Crippen molar-refractivity contribution in [3.63, 3.8) is 0 Å². The SMILES string of the molecule is CCC1CCC(C)N1C(=O)C(F)(F)C(F)(F)F. The smallest absolute Gasteiger partial charge is 0.331 e. The van der Waals surface area contributed by atoms with E-state index in [0.717, 1.165) is 0 Å². The van der Waals surface area contributed by atoms with Crippen LogP contribution in [-0.4, -0.2) is 35.0 Å². The minimum absolute atomic E-state index is 0.379. The van der Waals surface area contributed by atoms with Crippen molar-refractivity contribution in [3.05, 3.63) is 0 Å². The molecule has 1 heterocycles. The number of likely N-dealkylation sites (tertiary alicyclic amines) is 1. The summed E-state index contributed by atoms with van der Waals surface area (Å²) in [6.45, 7) is 3.15. The molecular weight excluding hydrogens is 245 g/mol. The Hall–Kier alpha value is -0.880. The molecule has 7 heteroatoms. The van der Waals surface area contributed by atoms with Gasteiger partial charge < -0.3 is 4.90 Å². The van der Waals surface area contributed by atoms with Crippen LogP contribution in [-0.2, 0) is 4.79 Å². The highest BCUT2D eigenvalue weighted by Gasteiger charge is 2.65. The zero-order valence-corrected chi connectivity index (χ0v) is 9.52. The highest BCUT2D eigenvalue weighted by molar-refractivity contribution is 5.85. The molecule has 2 nitrogen and oxygen atoms in total. The molecule has 0 spiro atoms. The van der Waals surface area contributed by atoms with Gasteiger partial charge in [-0.15, -0.1) is 0 Å². The molecule has 1 aliphatic rings. The number of amides is 1. The summed E-state index contributed by atoms with van der Waals surface area (Å²) < 4.78 is 62.2. The van der Waals surface area contributed by atoms with Crippen LogP contribution in [0, 0.1) is 0 Å². The number of hydrogen-bond donors (Lipinski definition) is 0. The van der Waals surface area contributed by atoms with E-state index in [4.69, 9.17) is 0 Å². The van der Waals surface area contributed by atoms with E-state index >= 15 is 0 Å². The largest absolute Gasteiger partial charge is 0.463 e. The first-order valence-electron chi connectivity index (χ1n) is 5.40. The Bertz CT molecular complexity index is 302. The zero-order valence-electron chi connectivity index (χ0n) is 9.52. The lowest BCUT2D eigenvalue weighted by Gasteiger charge is -2.31. The van der Waals surface area contributed by atoms with Crippen molar-refractivity contribution >= 4 is 5.91 Å². The van der Waals surface area contributed by atoms with Gasteiger partial charge in [0.05, 0.1) is 0 Å². The van der Waals surface area contributed by atoms with Crippen molar-refractivity contribution < 1.29 is 26.7 Å². The zero-order chi connectivity index (χ0) is 13.4. The van der Waals surface area contributed by atoms with E-state index < -0.39 is 30.1 Å². The summed E-state index contributed by atoms with van der Waals surface area (Å²) >= 11 is 0. The molecule has 0 bridgehead atoms. The average Bonchev–Trinajstić information content (AvgIpc) is 2.56. The highest BCUT2D eigenvalue weighted by atomic mass is 19.4. The molecule has 2 unspecified atom stereocenters. The van der Waals surface area contributed by atoms with Gasteiger partial charge in [0, 0.05) is 12.1 Å². The topological polar surface area (TPSA) is 20.3 Å². The number of hydrogen-bond acceptors (Lipinski definition) is 1. The number of rotatable bonds is 2. The third kappa shape index (κ3) is 2.37. The van der Waals surface area contributed by atoms with Gasteiger partial charge in [0.15, 0.2) is 0 Å². The van der Waals surface area contributed by atoms with Crippen LogP contribution >= 0.6 is 0 Å². The first-order chi connectivity index (χ1) is 7.63. The summed E-state index contributed by atoms with van der Waals surface area (Å²) in [7, 11) is 0. The van der Waals surface area contributed by atoms with Crippen LogP contribution < -0.4 is 0 Å². The number of alkyl halides is 5. The predicted octanol–water partition coefficient (Wildman–Crippen LogP) is 2.97. The molecule has 1 aliphatic heterocycles. The molecule has 0 N–H and O–H groups in total. The Morgan fingerprint density at radius 2 is 1.76 bits per heavy atom. The average molecular weight is 259 g/mol. The summed E-state index contributed by atoms with van der Waals surface area (Å²) in [6, 6.07) is -1.09. The van der Waals surface area contributed by atoms with Crippen molar-refractivity contribution in [1.29, 1.82) is 0 Å². The van der Waals surface area contributed by atoms with Gasteiger partial charge in [0.25, 0.3) is 0 Å². The molecular formula is C10H14F5NO. The van der Waals surface area contributed by atoms with Gasteiger partial charge in [-0.25, -0.2) is 0 Å². The molecule has 1 rings (SSSR count). The number of carbonyl (C=O) groups excluding carboxylic acids is 1. The van der Waals surface area contributed by atoms with Crippen LogP contribution in [0.5, 0.6) is 0 Å². The molecule has 1 saturated heterocycles. The molecule has 0 aromatic heterocycles. The van der Waals surface area contributed by atoms with Gasteiger partial charge in [-0.3, -0.25) is 4.79 Å². The third-order valence-electron chi connectivity index (χ3n) is 3.12. The monoisotopic (exact) mass is 259 g/mol. The molecule has 2 atom stereocenters. The van der Waals surface area contributed by atoms with Crippen molar-refractivity contribution in [1.82, 2.24) is 4.90 Å². The quantitative estimate of drug-likeness (QED) is 0.698. The van der Waals surface area contributed by atoms with Crippen molar-refractivity contribution in [2.24, 2.45) is 0 Å². The maximum Gasteiger partial charge on any atom is 0.463 e. The van der Waals surface area contributed by atoms with Crippen molar-refractivity contribution in [2.75, 3.05) is 0 Å². The fraction of sp³-hybridized carbons (Fsp3) is 0.900. The van der Waals surface area contributed by atoms with Crippen LogP contribution in [0.3, 0.4) is 0 Å². The molecule has 17 heavy (non-hydrogen) atoms. The minimum Gasteiger partial charge on any atom is -0.331 e. The second-order valence-corrected chi connectivity index (χ2v) is 4.27. The summed E-state index contributed by atoms with van der Waals surface area (Å²) in [5.74, 6) is -7.42. The van der Waals surface area contributed by atoms with Crippen LogP contribution in [0.4, 0.5) is 22.0 Å². The van der Waals surface area contributed by atoms with Gasteiger partial charge in [0.2, 0.25) is 0 Å². The molecule has 0 aliphatic carbocycles. The highest BCUT2D eigenvalue weighted by Crippen LogP contribution is 2.39. The summed E-state index contributed by atoms with van der Waals surface area (Å²) in [4.78, 5) is 12.0. The normalized spacial score (nSPS) is 26.4. The fourth-order valence-corrected chi connectivity index (χ4v) is 2.12. The molecule has 1 amide bonds. The van der Waals surface area contributed by atoms with E-state index in [1.54, 1.807) is 6.92 Å². The van der Waals surface area contributed by atoms with Crippen molar-refractivity contribution in [2.45, 2.75) is 57.3 Å². The Balaban J connectivity index is 2.96. The first kappa shape index (κ1) is 14.2. The molecule has 0 aromatic rings. The van der Waals surface area contributed by atoms with Gasteiger partial charge >= 0.3 is 18.0 Å². The van der Waals surface area contributed by atoms with Crippen LogP contribution in [0.2, 0.25) is 0 Å². The van der Waals surface area contributed by atoms with E-state index in [1.807, 2.05) is 0 Å². The lowest BCUT2D eigenvalue weighted by molar-refractivity contribution is -0.275. The van der Waals surface area contributed by atoms with Crippen LogP contribution in [0.25, 0.3) is 0 Å². The van der Waals surface area contributed by atoms with Crippen molar-refractivity contribution in [3.8, 4) is 0 Å². The van der Waals surface area contributed by atoms with Gasteiger partial charge in [-0.1, -0.05) is 6.92 Å². The molecule has 0 saturated carbocycles. The van der Waals surface area contributed by atoms with E-state index in [1.165, 1.54) is 6.92 Å². The van der Waals surface area contributed by atoms with Crippen LogP contribution in [0.1, 0.15) is 33.1 Å². The summed E-state index contributed by atoms with van der Waals surface area (Å²) in [5, 5.41) is 0. The van der Waals surface area contributed by atoms with Gasteiger partial charge in [-0.05, 0) is 26.2 Å². The third-order valence-corrected chi connectivity index (χ3v) is 3.12. The minimum atomic E-state index is -5.83. The lowest BCUT2D eigenvalue weighted by atomic mass is 10.1. The van der Waals surface area contributed by atoms with Gasteiger partial charge in [0.1, 0.15) is 0 Å². The first-order valence-corrected chi connectivity index (χ1v) is 5.40. The fourth-order valence-electron chi connectivity index (χ4n) is 2.12. The Morgan fingerprint density at radius 3 is 2.18 bits per heavy atom. The Morgan fingerprint density at radius 1 is 1.24 bits per heavy atom. The molecule has 100 valence electrons. The second kappa shape index (κ2) is 4.42. The van der Waals surface area contributed by atoms with E-state index in [0.29, 0.717) is 24.2 Å². The Kier molecular flexibility index (Phi) is 3.69.